The van der Waals surface area contributed by atoms with E-state index in [9.17, 15) is 10.2 Å². The lowest BCUT2D eigenvalue weighted by Gasteiger charge is -2.31. The minimum atomic E-state index is -1.11. The van der Waals surface area contributed by atoms with E-state index in [0.29, 0.717) is 5.56 Å². The first-order valence-corrected chi connectivity index (χ1v) is 14.4. The van der Waals surface area contributed by atoms with Crippen molar-refractivity contribution in [2.45, 2.75) is 90.4 Å². The summed E-state index contributed by atoms with van der Waals surface area (Å²) in [5.74, 6) is 0.761. The van der Waals surface area contributed by atoms with Crippen molar-refractivity contribution in [1.82, 2.24) is 0 Å². The van der Waals surface area contributed by atoms with Gasteiger partial charge in [0.05, 0.1) is 0 Å². The van der Waals surface area contributed by atoms with Gasteiger partial charge in [-0.1, -0.05) is 75.2 Å². The predicted molar refractivity (Wildman–Crippen MR) is 124 cm³/mol. The van der Waals surface area contributed by atoms with Crippen LogP contribution in [0.2, 0.25) is 25.2 Å². The number of phenolic OH excluding ortho intramolecular Hbond substituents is 2. The van der Waals surface area contributed by atoms with Gasteiger partial charge in [-0.05, 0) is 56.7 Å². The van der Waals surface area contributed by atoms with Crippen LogP contribution < -0.4 is 0 Å². The van der Waals surface area contributed by atoms with Crippen LogP contribution >= 0.6 is 0 Å². The Hall–Kier alpha value is -1.48. The number of allylic oxidation sites excluding steroid dienone is 3. The molecule has 2 nitrogen and oxygen atoms in total. The highest BCUT2D eigenvalue weighted by Gasteiger charge is 2.30. The molecule has 1 aliphatic carbocycles. The average Bonchev–Trinajstić information content (AvgIpc) is 2.59. The molecular formula is C25H40O2Si. The van der Waals surface area contributed by atoms with Crippen LogP contribution in [0.1, 0.15) is 69.9 Å². The van der Waals surface area contributed by atoms with Crippen molar-refractivity contribution >= 4 is 8.07 Å². The molecule has 2 N–H and O–H groups in total. The van der Waals surface area contributed by atoms with Gasteiger partial charge in [0, 0.05) is 19.6 Å². The summed E-state index contributed by atoms with van der Waals surface area (Å²) in [6.07, 6.45) is 8.98. The summed E-state index contributed by atoms with van der Waals surface area (Å²) in [5, 5.41) is 21.6. The molecule has 28 heavy (non-hydrogen) atoms. The fourth-order valence-corrected chi connectivity index (χ4v) is 7.32. The minimum Gasteiger partial charge on any atom is -0.507 e. The first-order chi connectivity index (χ1) is 13.1. The van der Waals surface area contributed by atoms with Crippen molar-refractivity contribution in [1.29, 1.82) is 0 Å². The second kappa shape index (κ2) is 9.82. The van der Waals surface area contributed by atoms with Crippen LogP contribution in [-0.2, 0) is 6.42 Å². The van der Waals surface area contributed by atoms with Gasteiger partial charge in [-0.2, -0.15) is 0 Å². The van der Waals surface area contributed by atoms with Crippen LogP contribution in [0.4, 0.5) is 0 Å². The van der Waals surface area contributed by atoms with E-state index in [-0.39, 0.29) is 23.3 Å². The third kappa shape index (κ3) is 6.01. The molecule has 0 aromatic heterocycles. The van der Waals surface area contributed by atoms with Crippen LogP contribution in [0.5, 0.6) is 11.5 Å². The van der Waals surface area contributed by atoms with E-state index < -0.39 is 8.07 Å². The van der Waals surface area contributed by atoms with Gasteiger partial charge in [-0.25, -0.2) is 0 Å². The number of hydrogen-bond donors (Lipinski definition) is 2. The Labute approximate surface area is 173 Å². The van der Waals surface area contributed by atoms with E-state index >= 15 is 0 Å². The summed E-state index contributed by atoms with van der Waals surface area (Å²) < 4.78 is 0. The van der Waals surface area contributed by atoms with Crippen molar-refractivity contribution < 1.29 is 10.2 Å². The zero-order chi connectivity index (χ0) is 20.9. The third-order valence-corrected chi connectivity index (χ3v) is 9.85. The van der Waals surface area contributed by atoms with Crippen LogP contribution in [0.3, 0.4) is 0 Å². The summed E-state index contributed by atoms with van der Waals surface area (Å²) in [7, 11) is -1.11. The molecule has 0 unspecified atom stereocenters. The van der Waals surface area contributed by atoms with Gasteiger partial charge in [0.1, 0.15) is 11.5 Å². The van der Waals surface area contributed by atoms with Crippen molar-refractivity contribution in [3.05, 3.63) is 47.1 Å². The van der Waals surface area contributed by atoms with Gasteiger partial charge in [-0.15, -0.1) is 0 Å². The van der Waals surface area contributed by atoms with Gasteiger partial charge < -0.3 is 10.2 Å². The predicted octanol–water partition coefficient (Wildman–Crippen LogP) is 7.55. The zero-order valence-corrected chi connectivity index (χ0v) is 19.6. The number of hydrogen-bond acceptors (Lipinski definition) is 2. The summed E-state index contributed by atoms with van der Waals surface area (Å²) >= 11 is 0. The van der Waals surface area contributed by atoms with Gasteiger partial charge in [-0.3, -0.25) is 0 Å². The molecule has 0 saturated heterocycles. The van der Waals surface area contributed by atoms with Gasteiger partial charge in [0.25, 0.3) is 0 Å². The fraction of sp³-hybridized carbons (Fsp3) is 0.600. The third-order valence-electron chi connectivity index (χ3n) is 6.44. The molecule has 0 spiro atoms. The molecule has 3 heteroatoms. The maximum atomic E-state index is 10.8. The molecule has 2 atom stereocenters. The SMILES string of the molecule is C=C(C)[C@H]1CCC(C)=C[C@@H]1c1c(O)cc(CCC[Si](C)(C)CCCC)cc1O. The number of unbranched alkanes of at least 4 members (excludes halogenated alkanes) is 1. The van der Waals surface area contributed by atoms with Crippen molar-refractivity contribution in [3.8, 4) is 11.5 Å². The van der Waals surface area contributed by atoms with Crippen LogP contribution in [0.25, 0.3) is 0 Å². The lowest BCUT2D eigenvalue weighted by atomic mass is 9.73. The first-order valence-electron chi connectivity index (χ1n) is 11.0. The van der Waals surface area contributed by atoms with E-state index in [1.54, 1.807) is 0 Å². The molecule has 0 saturated carbocycles. The van der Waals surface area contributed by atoms with E-state index in [1.165, 1.54) is 30.5 Å². The van der Waals surface area contributed by atoms with Gasteiger partial charge in [0.2, 0.25) is 0 Å². The number of phenols is 2. The van der Waals surface area contributed by atoms with E-state index in [2.05, 4.69) is 46.5 Å². The molecule has 0 aliphatic heterocycles. The zero-order valence-electron chi connectivity index (χ0n) is 18.6. The monoisotopic (exact) mass is 400 g/mol. The van der Waals surface area contributed by atoms with Crippen molar-refractivity contribution in [2.24, 2.45) is 5.92 Å². The van der Waals surface area contributed by atoms with Crippen LogP contribution in [-0.4, -0.2) is 18.3 Å². The summed E-state index contributed by atoms with van der Waals surface area (Å²) in [4.78, 5) is 0. The molecule has 0 fully saturated rings. The molecule has 1 aromatic carbocycles. The quantitative estimate of drug-likeness (QED) is 0.332. The molecule has 1 aliphatic rings. The lowest BCUT2D eigenvalue weighted by Crippen LogP contribution is -2.24. The van der Waals surface area contributed by atoms with Crippen LogP contribution in [0, 0.1) is 5.92 Å². The average molecular weight is 401 g/mol. The number of rotatable bonds is 9. The van der Waals surface area contributed by atoms with Crippen LogP contribution in [0.15, 0.2) is 35.9 Å². The maximum absolute atomic E-state index is 10.8. The largest absolute Gasteiger partial charge is 0.507 e. The second-order valence-corrected chi connectivity index (χ2v) is 15.0. The molecule has 0 heterocycles. The Kier molecular flexibility index (Phi) is 8.00. The number of aromatic hydroxyl groups is 2. The standard InChI is InChI=1S/C25H40O2Si/c1-7-8-13-28(5,6)14-9-10-20-16-23(26)25(24(27)17-20)22-15-19(4)11-12-21(22)18(2)3/h15-17,21-22,26-27H,2,7-14H2,1,3-6H3/t21-,22+/m1/s1. The van der Waals surface area contributed by atoms with Crippen molar-refractivity contribution in [3.63, 3.8) is 0 Å². The Bertz CT molecular complexity index is 694. The molecule has 1 aromatic rings. The first kappa shape index (κ1) is 22.8. The Morgan fingerprint density at radius 3 is 2.32 bits per heavy atom. The van der Waals surface area contributed by atoms with Gasteiger partial charge in [0.15, 0.2) is 0 Å². The Balaban J connectivity index is 2.14. The number of benzene rings is 1. The normalized spacial score (nSPS) is 20.1. The summed E-state index contributed by atoms with van der Waals surface area (Å²) in [6, 6.07) is 6.46. The number of aryl methyl sites for hydroxylation is 1. The molecule has 156 valence electrons. The smallest absolute Gasteiger partial charge is 0.123 e. The second-order valence-electron chi connectivity index (χ2n) is 9.70. The summed E-state index contributed by atoms with van der Waals surface area (Å²) in [5.41, 5.74) is 4.16. The molecule has 0 bridgehead atoms. The molecular weight excluding hydrogens is 360 g/mol. The minimum absolute atomic E-state index is 0.0145. The van der Waals surface area contributed by atoms with E-state index in [1.807, 2.05) is 12.1 Å². The van der Waals surface area contributed by atoms with E-state index in [0.717, 1.165) is 36.8 Å². The van der Waals surface area contributed by atoms with Crippen molar-refractivity contribution in [2.75, 3.05) is 0 Å². The maximum Gasteiger partial charge on any atom is 0.123 e. The fourth-order valence-electron chi connectivity index (χ4n) is 4.62. The Morgan fingerprint density at radius 2 is 1.75 bits per heavy atom. The molecule has 2 rings (SSSR count). The Morgan fingerprint density at radius 1 is 1.14 bits per heavy atom. The highest BCUT2D eigenvalue weighted by atomic mass is 28.3. The molecule has 0 amide bonds. The summed E-state index contributed by atoms with van der Waals surface area (Å²) in [6.45, 7) is 15.6. The lowest BCUT2D eigenvalue weighted by molar-refractivity contribution is 0.406. The highest BCUT2D eigenvalue weighted by Crippen LogP contribution is 2.46. The van der Waals surface area contributed by atoms with Gasteiger partial charge >= 0.3 is 0 Å². The highest BCUT2D eigenvalue weighted by molar-refractivity contribution is 6.77. The molecule has 0 radical (unpaired) electrons. The topological polar surface area (TPSA) is 40.5 Å². The van der Waals surface area contributed by atoms with E-state index in [4.69, 9.17) is 0 Å².